The Morgan fingerprint density at radius 2 is 2.12 bits per heavy atom. The third-order valence-corrected chi connectivity index (χ3v) is 2.99. The molecule has 1 aliphatic rings. The highest BCUT2D eigenvalue weighted by Gasteiger charge is 2.27. The van der Waals surface area contributed by atoms with Gasteiger partial charge in [0.1, 0.15) is 12.9 Å². The first-order valence-electron chi connectivity index (χ1n) is 6.71. The Morgan fingerprint density at radius 1 is 1.35 bits per heavy atom. The zero-order valence-corrected chi connectivity index (χ0v) is 11.6. The maximum absolute atomic E-state index is 5.69. The van der Waals surface area contributed by atoms with Crippen LogP contribution < -0.4 is 0 Å². The Balaban J connectivity index is 2.14. The zero-order valence-electron chi connectivity index (χ0n) is 11.6. The third kappa shape index (κ3) is 5.44. The molecule has 3 nitrogen and oxygen atoms in total. The summed E-state index contributed by atoms with van der Waals surface area (Å²) in [5.41, 5.74) is 0. The molecule has 0 N–H and O–H groups in total. The third-order valence-electron chi connectivity index (χ3n) is 2.99. The fourth-order valence-corrected chi connectivity index (χ4v) is 1.86. The average Bonchev–Trinajstić information content (AvgIpc) is 2.63. The van der Waals surface area contributed by atoms with Crippen LogP contribution in [0.2, 0.25) is 0 Å². The number of hydrogen-bond donors (Lipinski definition) is 0. The van der Waals surface area contributed by atoms with Crippen molar-refractivity contribution in [1.29, 1.82) is 0 Å². The van der Waals surface area contributed by atoms with Crippen molar-refractivity contribution in [3.05, 3.63) is 12.0 Å². The van der Waals surface area contributed by atoms with Crippen LogP contribution in [0, 0.1) is 5.92 Å². The van der Waals surface area contributed by atoms with Crippen LogP contribution in [0.1, 0.15) is 53.4 Å². The van der Waals surface area contributed by atoms with Crippen molar-refractivity contribution >= 4 is 0 Å². The van der Waals surface area contributed by atoms with Gasteiger partial charge >= 0.3 is 0 Å². The Hall–Kier alpha value is -0.700. The van der Waals surface area contributed by atoms with Crippen molar-refractivity contribution in [3.63, 3.8) is 0 Å². The molecule has 1 atom stereocenters. The summed E-state index contributed by atoms with van der Waals surface area (Å²) < 4.78 is 16.6. The van der Waals surface area contributed by atoms with Gasteiger partial charge in [-0.25, -0.2) is 0 Å². The first-order chi connectivity index (χ1) is 8.07. The molecular formula is C14H26O3. The van der Waals surface area contributed by atoms with Crippen LogP contribution in [0.3, 0.4) is 0 Å². The van der Waals surface area contributed by atoms with Gasteiger partial charge in [-0.3, -0.25) is 0 Å². The van der Waals surface area contributed by atoms with Gasteiger partial charge in [0.05, 0.1) is 0 Å². The topological polar surface area (TPSA) is 27.7 Å². The molecule has 0 bridgehead atoms. The monoisotopic (exact) mass is 242 g/mol. The van der Waals surface area contributed by atoms with Crippen LogP contribution in [0.25, 0.3) is 0 Å². The van der Waals surface area contributed by atoms with E-state index in [9.17, 15) is 0 Å². The minimum absolute atomic E-state index is 0.520. The van der Waals surface area contributed by atoms with E-state index >= 15 is 0 Å². The van der Waals surface area contributed by atoms with Crippen LogP contribution in [-0.4, -0.2) is 19.0 Å². The molecule has 3 heteroatoms. The molecule has 0 spiro atoms. The molecule has 0 amide bonds. The minimum atomic E-state index is -0.523. The van der Waals surface area contributed by atoms with Crippen molar-refractivity contribution in [2.24, 2.45) is 5.92 Å². The molecule has 0 aliphatic carbocycles. The van der Waals surface area contributed by atoms with E-state index in [2.05, 4.69) is 13.8 Å². The standard InChI is InChI=1S/C14H26O3/c1-5-7-8-12(6-2)9-15-10-13-11-16-14(3,4)17-13/h11-12H,5-10H2,1-4H3. The first-order valence-corrected chi connectivity index (χ1v) is 6.71. The van der Waals surface area contributed by atoms with Crippen molar-refractivity contribution in [1.82, 2.24) is 0 Å². The van der Waals surface area contributed by atoms with Gasteiger partial charge < -0.3 is 14.2 Å². The largest absolute Gasteiger partial charge is 0.457 e. The molecule has 1 unspecified atom stereocenters. The molecule has 0 saturated heterocycles. The highest BCUT2D eigenvalue weighted by molar-refractivity contribution is 4.95. The van der Waals surface area contributed by atoms with E-state index in [1.807, 2.05) is 13.8 Å². The number of rotatable bonds is 8. The second kappa shape index (κ2) is 6.90. The van der Waals surface area contributed by atoms with Gasteiger partial charge in [-0.05, 0) is 12.3 Å². The Kier molecular flexibility index (Phi) is 5.83. The zero-order chi connectivity index (χ0) is 12.7. The van der Waals surface area contributed by atoms with Gasteiger partial charge in [-0.15, -0.1) is 0 Å². The highest BCUT2D eigenvalue weighted by Crippen LogP contribution is 2.24. The van der Waals surface area contributed by atoms with Crippen molar-refractivity contribution in [2.45, 2.75) is 59.2 Å². The summed E-state index contributed by atoms with van der Waals surface area (Å²) in [5.74, 6) is 0.941. The maximum Gasteiger partial charge on any atom is 0.244 e. The highest BCUT2D eigenvalue weighted by atomic mass is 16.7. The molecule has 17 heavy (non-hydrogen) atoms. The van der Waals surface area contributed by atoms with E-state index in [0.717, 1.165) is 12.4 Å². The first kappa shape index (κ1) is 14.4. The molecule has 0 saturated carbocycles. The van der Waals surface area contributed by atoms with Crippen LogP contribution >= 0.6 is 0 Å². The lowest BCUT2D eigenvalue weighted by molar-refractivity contribution is -0.122. The molecule has 0 fully saturated rings. The fourth-order valence-electron chi connectivity index (χ4n) is 1.86. The molecule has 0 aromatic heterocycles. The minimum Gasteiger partial charge on any atom is -0.457 e. The lowest BCUT2D eigenvalue weighted by atomic mass is 10.0. The molecule has 1 heterocycles. The Bertz CT molecular complexity index is 246. The predicted molar refractivity (Wildman–Crippen MR) is 68.5 cm³/mol. The summed E-state index contributed by atoms with van der Waals surface area (Å²) in [4.78, 5) is 0. The van der Waals surface area contributed by atoms with Gasteiger partial charge in [0, 0.05) is 20.5 Å². The van der Waals surface area contributed by atoms with E-state index in [-0.39, 0.29) is 0 Å². The average molecular weight is 242 g/mol. The maximum atomic E-state index is 5.69. The molecule has 0 aromatic rings. The van der Waals surface area contributed by atoms with Crippen LogP contribution in [-0.2, 0) is 14.2 Å². The normalized spacial score (nSPS) is 19.4. The van der Waals surface area contributed by atoms with E-state index < -0.39 is 5.79 Å². The summed E-state index contributed by atoms with van der Waals surface area (Å²) in [7, 11) is 0. The number of unbranched alkanes of at least 4 members (excludes halogenated alkanes) is 1. The second-order valence-electron chi connectivity index (χ2n) is 5.14. The summed E-state index contributed by atoms with van der Waals surface area (Å²) >= 11 is 0. The van der Waals surface area contributed by atoms with Crippen LogP contribution in [0.15, 0.2) is 12.0 Å². The van der Waals surface area contributed by atoms with E-state index in [1.54, 1.807) is 6.26 Å². The lowest BCUT2D eigenvalue weighted by Gasteiger charge is -2.19. The van der Waals surface area contributed by atoms with Crippen molar-refractivity contribution < 1.29 is 14.2 Å². The van der Waals surface area contributed by atoms with E-state index in [1.165, 1.54) is 25.7 Å². The molecular weight excluding hydrogens is 216 g/mol. The number of hydrogen-bond acceptors (Lipinski definition) is 3. The van der Waals surface area contributed by atoms with Gasteiger partial charge in [0.2, 0.25) is 5.79 Å². The second-order valence-corrected chi connectivity index (χ2v) is 5.14. The van der Waals surface area contributed by atoms with E-state index in [0.29, 0.717) is 12.5 Å². The molecule has 1 rings (SSSR count). The summed E-state index contributed by atoms with van der Waals surface area (Å²) in [5, 5.41) is 0. The smallest absolute Gasteiger partial charge is 0.244 e. The summed E-state index contributed by atoms with van der Waals surface area (Å²) in [6.45, 7) is 9.58. The SMILES string of the molecule is CCCCC(CC)COCC1=COC(C)(C)O1. The van der Waals surface area contributed by atoms with Crippen molar-refractivity contribution in [2.75, 3.05) is 13.2 Å². The fraction of sp³-hybridized carbons (Fsp3) is 0.857. The number of ether oxygens (including phenoxy) is 3. The summed E-state index contributed by atoms with van der Waals surface area (Å²) in [6, 6.07) is 0. The van der Waals surface area contributed by atoms with Gasteiger partial charge in [-0.2, -0.15) is 0 Å². The van der Waals surface area contributed by atoms with Crippen LogP contribution in [0.4, 0.5) is 0 Å². The Morgan fingerprint density at radius 3 is 2.65 bits per heavy atom. The van der Waals surface area contributed by atoms with Gasteiger partial charge in [0.25, 0.3) is 0 Å². The van der Waals surface area contributed by atoms with Crippen LogP contribution in [0.5, 0.6) is 0 Å². The molecule has 100 valence electrons. The lowest BCUT2D eigenvalue weighted by Crippen LogP contribution is -2.21. The molecule has 1 aliphatic heterocycles. The van der Waals surface area contributed by atoms with E-state index in [4.69, 9.17) is 14.2 Å². The van der Waals surface area contributed by atoms with Gasteiger partial charge in [0.15, 0.2) is 5.76 Å². The summed E-state index contributed by atoms with van der Waals surface area (Å²) in [6.07, 6.45) is 6.65. The van der Waals surface area contributed by atoms with Gasteiger partial charge in [-0.1, -0.05) is 33.1 Å². The predicted octanol–water partition coefficient (Wildman–Crippen LogP) is 3.84. The quantitative estimate of drug-likeness (QED) is 0.647. The van der Waals surface area contributed by atoms with Crippen molar-refractivity contribution in [3.8, 4) is 0 Å². The Labute approximate surface area is 105 Å². The molecule has 0 radical (unpaired) electrons. The molecule has 0 aromatic carbocycles.